The summed E-state index contributed by atoms with van der Waals surface area (Å²) in [6.45, 7) is 2.11. The lowest BCUT2D eigenvalue weighted by Crippen LogP contribution is -2.38. The molecule has 3 aliphatic rings. The average Bonchev–Trinajstić information content (AvgIpc) is 2.92. The molecular formula is C32H38F6O. The quantitative estimate of drug-likeness (QED) is 0.256. The summed E-state index contributed by atoms with van der Waals surface area (Å²) in [5.41, 5.74) is 1.99. The summed E-state index contributed by atoms with van der Waals surface area (Å²) in [5.74, 6) is -4.21. The van der Waals surface area contributed by atoms with Crippen LogP contribution in [0.5, 0.6) is 0 Å². The number of hydrogen-bond donors (Lipinski definition) is 0. The molecule has 0 radical (unpaired) electrons. The molecule has 214 valence electrons. The fourth-order valence-electron chi connectivity index (χ4n) is 7.11. The third-order valence-electron chi connectivity index (χ3n) is 9.63. The number of benzene rings is 2. The predicted molar refractivity (Wildman–Crippen MR) is 139 cm³/mol. The van der Waals surface area contributed by atoms with Gasteiger partial charge < -0.3 is 4.74 Å². The Morgan fingerprint density at radius 2 is 1.13 bits per heavy atom. The molecule has 3 saturated carbocycles. The second kappa shape index (κ2) is 11.8. The van der Waals surface area contributed by atoms with E-state index in [2.05, 4.69) is 6.92 Å². The van der Waals surface area contributed by atoms with Crippen LogP contribution < -0.4 is 0 Å². The van der Waals surface area contributed by atoms with Crippen molar-refractivity contribution in [3.05, 3.63) is 70.3 Å². The lowest BCUT2D eigenvalue weighted by atomic mass is 9.75. The van der Waals surface area contributed by atoms with Crippen molar-refractivity contribution in [1.29, 1.82) is 0 Å². The third-order valence-corrected chi connectivity index (χ3v) is 9.63. The molecule has 1 nitrogen and oxygen atoms in total. The third kappa shape index (κ3) is 6.49. The van der Waals surface area contributed by atoms with Crippen LogP contribution in [0, 0.1) is 35.1 Å². The van der Waals surface area contributed by atoms with Crippen molar-refractivity contribution in [2.45, 2.75) is 114 Å². The van der Waals surface area contributed by atoms with Gasteiger partial charge in [0.05, 0.1) is 12.0 Å². The Bertz CT molecular complexity index is 1100. The zero-order valence-electron chi connectivity index (χ0n) is 22.5. The summed E-state index contributed by atoms with van der Waals surface area (Å²) < 4.78 is 90.7. The maximum absolute atomic E-state index is 15.2. The van der Waals surface area contributed by atoms with E-state index in [9.17, 15) is 22.0 Å². The van der Waals surface area contributed by atoms with Crippen LogP contribution in [0.1, 0.15) is 118 Å². The molecule has 39 heavy (non-hydrogen) atoms. The van der Waals surface area contributed by atoms with E-state index in [-0.39, 0.29) is 23.6 Å². The molecule has 0 amide bonds. The zero-order chi connectivity index (χ0) is 27.7. The molecule has 3 aliphatic carbocycles. The van der Waals surface area contributed by atoms with Crippen LogP contribution in [0.4, 0.5) is 26.3 Å². The van der Waals surface area contributed by atoms with Crippen LogP contribution in [0.3, 0.4) is 0 Å². The molecule has 0 aliphatic heterocycles. The first-order valence-electron chi connectivity index (χ1n) is 14.6. The highest BCUT2D eigenvalue weighted by atomic mass is 19.3. The number of hydrogen-bond acceptors (Lipinski definition) is 1. The van der Waals surface area contributed by atoms with Crippen molar-refractivity contribution >= 4 is 0 Å². The van der Waals surface area contributed by atoms with Gasteiger partial charge in [-0.1, -0.05) is 31.9 Å². The van der Waals surface area contributed by atoms with Crippen molar-refractivity contribution in [2.75, 3.05) is 0 Å². The Labute approximate surface area is 227 Å². The summed E-state index contributed by atoms with van der Waals surface area (Å²) in [6.07, 6.45) is 4.26. The van der Waals surface area contributed by atoms with Crippen LogP contribution >= 0.6 is 0 Å². The van der Waals surface area contributed by atoms with Crippen molar-refractivity contribution in [3.63, 3.8) is 0 Å². The topological polar surface area (TPSA) is 9.23 Å². The molecule has 3 fully saturated rings. The molecule has 0 unspecified atom stereocenters. The minimum Gasteiger partial charge on any atom is -0.317 e. The Balaban J connectivity index is 1.13. The molecule has 0 N–H and O–H groups in total. The Kier molecular flexibility index (Phi) is 8.65. The zero-order valence-corrected chi connectivity index (χ0v) is 22.5. The van der Waals surface area contributed by atoms with E-state index in [4.69, 9.17) is 4.74 Å². The SMILES string of the molecule is CC1CCC(C(F)(F)OC2CCC(c3ccc(C4CCC(c5cc(F)c(F)c(F)c5)CC4)c(F)c3)CC2)CC1. The minimum absolute atomic E-state index is 0.0135. The summed E-state index contributed by atoms with van der Waals surface area (Å²) in [7, 11) is 0. The van der Waals surface area contributed by atoms with Gasteiger partial charge in [0, 0.05) is 0 Å². The number of halogens is 6. The van der Waals surface area contributed by atoms with Gasteiger partial charge in [-0.2, -0.15) is 8.78 Å². The molecule has 0 heterocycles. The van der Waals surface area contributed by atoms with Crippen molar-refractivity contribution in [1.82, 2.24) is 0 Å². The van der Waals surface area contributed by atoms with E-state index in [1.807, 2.05) is 12.1 Å². The van der Waals surface area contributed by atoms with Crippen LogP contribution in [0.25, 0.3) is 0 Å². The van der Waals surface area contributed by atoms with Gasteiger partial charge in [0.2, 0.25) is 0 Å². The number of rotatable bonds is 6. The lowest BCUT2D eigenvalue weighted by molar-refractivity contribution is -0.301. The minimum atomic E-state index is -3.08. The number of alkyl halides is 2. The van der Waals surface area contributed by atoms with Crippen LogP contribution in [0.2, 0.25) is 0 Å². The molecule has 5 rings (SSSR count). The van der Waals surface area contributed by atoms with Gasteiger partial charge >= 0.3 is 6.11 Å². The largest absolute Gasteiger partial charge is 0.358 e. The van der Waals surface area contributed by atoms with Gasteiger partial charge in [-0.25, -0.2) is 17.6 Å². The summed E-state index contributed by atoms with van der Waals surface area (Å²) in [4.78, 5) is 0. The Morgan fingerprint density at radius 1 is 0.615 bits per heavy atom. The monoisotopic (exact) mass is 552 g/mol. The number of ether oxygens (including phenoxy) is 1. The molecular weight excluding hydrogens is 514 g/mol. The van der Waals surface area contributed by atoms with Gasteiger partial charge in [0.25, 0.3) is 0 Å². The van der Waals surface area contributed by atoms with Crippen LogP contribution in [0.15, 0.2) is 30.3 Å². The van der Waals surface area contributed by atoms with Gasteiger partial charge in [-0.05, 0) is 123 Å². The van der Waals surface area contributed by atoms with Gasteiger partial charge in [0.1, 0.15) is 5.82 Å². The molecule has 0 saturated heterocycles. The van der Waals surface area contributed by atoms with E-state index < -0.39 is 35.6 Å². The summed E-state index contributed by atoms with van der Waals surface area (Å²) >= 11 is 0. The smallest absolute Gasteiger partial charge is 0.317 e. The van der Waals surface area contributed by atoms with Crippen molar-refractivity contribution < 1.29 is 31.1 Å². The average molecular weight is 553 g/mol. The fourth-order valence-corrected chi connectivity index (χ4v) is 7.11. The fraction of sp³-hybridized carbons (Fsp3) is 0.625. The van der Waals surface area contributed by atoms with E-state index in [0.717, 1.165) is 30.5 Å². The summed E-state index contributed by atoms with van der Waals surface area (Å²) in [5, 5.41) is 0. The highest BCUT2D eigenvalue weighted by Gasteiger charge is 2.44. The Hall–Kier alpha value is -2.02. The first kappa shape index (κ1) is 28.5. The van der Waals surface area contributed by atoms with E-state index >= 15 is 4.39 Å². The van der Waals surface area contributed by atoms with Gasteiger partial charge in [-0.3, -0.25) is 0 Å². The second-order valence-electron chi connectivity index (χ2n) is 12.2. The van der Waals surface area contributed by atoms with Crippen LogP contribution in [-0.4, -0.2) is 12.2 Å². The standard InChI is InChI=1S/C32H38F6O/c1-19-2-11-25(12-3-19)32(37,38)39-26-13-8-20(9-14-26)23-10-15-27(28(33)16-23)22-6-4-21(5-7-22)24-17-29(34)31(36)30(35)18-24/h10,15-22,25-26H,2-9,11-14H2,1H3. The molecule has 2 aromatic rings. The Morgan fingerprint density at radius 3 is 1.72 bits per heavy atom. The van der Waals surface area contributed by atoms with E-state index in [1.165, 1.54) is 0 Å². The van der Waals surface area contributed by atoms with E-state index in [1.54, 1.807) is 6.07 Å². The molecule has 0 atom stereocenters. The molecule has 0 aromatic heterocycles. The van der Waals surface area contributed by atoms with Gasteiger partial charge in [-0.15, -0.1) is 0 Å². The first-order valence-corrected chi connectivity index (χ1v) is 14.6. The van der Waals surface area contributed by atoms with Crippen molar-refractivity contribution in [2.24, 2.45) is 11.8 Å². The van der Waals surface area contributed by atoms with E-state index in [0.29, 0.717) is 81.3 Å². The maximum Gasteiger partial charge on any atom is 0.358 e. The first-order chi connectivity index (χ1) is 18.6. The lowest BCUT2D eigenvalue weighted by Gasteiger charge is -2.36. The normalized spacial score (nSPS) is 30.3. The molecule has 0 bridgehead atoms. The molecule has 2 aromatic carbocycles. The highest BCUT2D eigenvalue weighted by molar-refractivity contribution is 5.31. The molecule has 7 heteroatoms. The summed E-state index contributed by atoms with van der Waals surface area (Å²) in [6, 6.07) is 7.52. The highest BCUT2D eigenvalue weighted by Crippen LogP contribution is 2.45. The van der Waals surface area contributed by atoms with Crippen LogP contribution in [-0.2, 0) is 4.74 Å². The maximum atomic E-state index is 15.2. The molecule has 0 spiro atoms. The van der Waals surface area contributed by atoms with Crippen molar-refractivity contribution in [3.8, 4) is 0 Å². The predicted octanol–water partition coefficient (Wildman–Crippen LogP) is 10.1. The second-order valence-corrected chi connectivity index (χ2v) is 12.2. The van der Waals surface area contributed by atoms with Gasteiger partial charge in [0.15, 0.2) is 17.5 Å².